The van der Waals surface area contributed by atoms with Crippen LogP contribution in [0, 0.1) is 0 Å². The lowest BCUT2D eigenvalue weighted by Gasteiger charge is -2.26. The Morgan fingerprint density at radius 3 is 2.00 bits per heavy atom. The van der Waals surface area contributed by atoms with E-state index < -0.39 is 17.7 Å². The molecule has 2 N–H and O–H groups in total. The number of carbonyl (C=O) groups excluding carboxylic acids is 1. The van der Waals surface area contributed by atoms with E-state index >= 15 is 0 Å². The van der Waals surface area contributed by atoms with Crippen molar-refractivity contribution in [1.82, 2.24) is 10.2 Å². The summed E-state index contributed by atoms with van der Waals surface area (Å²) < 4.78 is 39.3. The van der Waals surface area contributed by atoms with E-state index in [9.17, 15) is 22.8 Å². The third kappa shape index (κ3) is 9.03. The van der Waals surface area contributed by atoms with E-state index in [4.69, 9.17) is 5.11 Å². The number of thiophene rings is 1. The van der Waals surface area contributed by atoms with Crippen LogP contribution in [-0.2, 0) is 24.1 Å². The molecule has 0 aliphatic carbocycles. The standard InChI is InChI=1S/C32H31F3N2O3S/c33-32(34,35)26-13-11-23(12-14-26)21-37(22-27-15-16-29(41-27)31(40)36-19-17-30(38)39)20-18-28(24-7-3-1-4-8-24)25-9-5-2-6-10-25/h1-16,28H,17-22H2,(H,36,40)(H,38,39). The van der Waals surface area contributed by atoms with Gasteiger partial charge in [-0.3, -0.25) is 14.5 Å². The number of hydrogen-bond donors (Lipinski definition) is 2. The summed E-state index contributed by atoms with van der Waals surface area (Å²) in [6.07, 6.45) is -3.77. The number of nitrogens with one attached hydrogen (secondary N) is 1. The average molecular weight is 581 g/mol. The molecular weight excluding hydrogens is 549 g/mol. The number of benzene rings is 3. The second-order valence-corrected chi connectivity index (χ2v) is 10.9. The molecule has 0 saturated carbocycles. The lowest BCUT2D eigenvalue weighted by molar-refractivity contribution is -0.138. The van der Waals surface area contributed by atoms with Crippen molar-refractivity contribution in [2.24, 2.45) is 0 Å². The van der Waals surface area contributed by atoms with E-state index in [0.717, 1.165) is 29.0 Å². The highest BCUT2D eigenvalue weighted by Gasteiger charge is 2.30. The monoisotopic (exact) mass is 580 g/mol. The second-order valence-electron chi connectivity index (χ2n) is 9.73. The van der Waals surface area contributed by atoms with Crippen LogP contribution in [0.15, 0.2) is 97.1 Å². The molecule has 41 heavy (non-hydrogen) atoms. The topological polar surface area (TPSA) is 69.6 Å². The van der Waals surface area contributed by atoms with E-state index in [0.29, 0.717) is 24.5 Å². The number of hydrogen-bond acceptors (Lipinski definition) is 4. The zero-order chi connectivity index (χ0) is 29.2. The van der Waals surface area contributed by atoms with E-state index in [-0.39, 0.29) is 24.8 Å². The van der Waals surface area contributed by atoms with Crippen molar-refractivity contribution >= 4 is 23.2 Å². The van der Waals surface area contributed by atoms with Gasteiger partial charge < -0.3 is 10.4 Å². The van der Waals surface area contributed by atoms with Gasteiger partial charge in [0, 0.05) is 30.4 Å². The molecule has 4 rings (SSSR count). The van der Waals surface area contributed by atoms with Gasteiger partial charge in [-0.1, -0.05) is 72.8 Å². The van der Waals surface area contributed by atoms with Gasteiger partial charge in [0.1, 0.15) is 0 Å². The fourth-order valence-electron chi connectivity index (χ4n) is 4.65. The van der Waals surface area contributed by atoms with Gasteiger partial charge in [0.15, 0.2) is 0 Å². The fraction of sp³-hybridized carbons (Fsp3) is 0.250. The molecule has 0 bridgehead atoms. The van der Waals surface area contributed by atoms with Crippen LogP contribution in [0.1, 0.15) is 55.6 Å². The van der Waals surface area contributed by atoms with Gasteiger partial charge in [-0.2, -0.15) is 13.2 Å². The number of carboxylic acids is 1. The van der Waals surface area contributed by atoms with Crippen molar-refractivity contribution in [3.63, 3.8) is 0 Å². The molecule has 1 aromatic heterocycles. The van der Waals surface area contributed by atoms with Crippen molar-refractivity contribution in [2.45, 2.75) is 38.0 Å². The zero-order valence-electron chi connectivity index (χ0n) is 22.3. The van der Waals surface area contributed by atoms with Gasteiger partial charge >= 0.3 is 12.1 Å². The van der Waals surface area contributed by atoms with Gasteiger partial charge in [-0.05, 0) is 53.9 Å². The Hall–Kier alpha value is -3.95. The molecule has 0 atom stereocenters. The van der Waals surface area contributed by atoms with Crippen LogP contribution < -0.4 is 5.32 Å². The smallest absolute Gasteiger partial charge is 0.416 e. The predicted molar refractivity (Wildman–Crippen MR) is 154 cm³/mol. The highest BCUT2D eigenvalue weighted by Crippen LogP contribution is 2.31. The summed E-state index contributed by atoms with van der Waals surface area (Å²) in [6.45, 7) is 1.65. The van der Waals surface area contributed by atoms with Crippen molar-refractivity contribution in [1.29, 1.82) is 0 Å². The van der Waals surface area contributed by atoms with Gasteiger partial charge in [0.25, 0.3) is 5.91 Å². The largest absolute Gasteiger partial charge is 0.481 e. The molecular formula is C32H31F3N2O3S. The molecule has 0 aliphatic rings. The minimum absolute atomic E-state index is 0.0435. The Bertz CT molecular complexity index is 1370. The van der Waals surface area contributed by atoms with Gasteiger partial charge in [-0.15, -0.1) is 11.3 Å². The molecule has 9 heteroatoms. The first-order valence-electron chi connectivity index (χ1n) is 13.3. The molecule has 0 radical (unpaired) electrons. The summed E-state index contributed by atoms with van der Waals surface area (Å²) in [5, 5.41) is 11.4. The lowest BCUT2D eigenvalue weighted by Crippen LogP contribution is -2.25. The quantitative estimate of drug-likeness (QED) is 0.176. The Morgan fingerprint density at radius 2 is 1.44 bits per heavy atom. The Kier molecular flexibility index (Phi) is 10.3. The number of amides is 1. The molecule has 0 unspecified atom stereocenters. The molecule has 214 valence electrons. The first kappa shape index (κ1) is 30.0. The van der Waals surface area contributed by atoms with Gasteiger partial charge in [0.2, 0.25) is 0 Å². The Labute approximate surface area is 241 Å². The van der Waals surface area contributed by atoms with Crippen LogP contribution in [0.5, 0.6) is 0 Å². The van der Waals surface area contributed by atoms with Crippen LogP contribution in [0.2, 0.25) is 0 Å². The minimum Gasteiger partial charge on any atom is -0.481 e. The van der Waals surface area contributed by atoms with Crippen LogP contribution in [0.3, 0.4) is 0 Å². The Balaban J connectivity index is 1.52. The van der Waals surface area contributed by atoms with Crippen LogP contribution in [0.25, 0.3) is 0 Å². The molecule has 0 spiro atoms. The first-order valence-corrected chi connectivity index (χ1v) is 14.1. The normalized spacial score (nSPS) is 11.6. The van der Waals surface area contributed by atoms with Crippen molar-refractivity contribution in [3.05, 3.63) is 129 Å². The summed E-state index contributed by atoms with van der Waals surface area (Å²) in [5.74, 6) is -1.18. The van der Waals surface area contributed by atoms with Gasteiger partial charge in [0.05, 0.1) is 16.9 Å². The van der Waals surface area contributed by atoms with Crippen LogP contribution in [0.4, 0.5) is 13.2 Å². The molecule has 0 saturated heterocycles. The minimum atomic E-state index is -4.39. The lowest BCUT2D eigenvalue weighted by atomic mass is 9.88. The maximum atomic E-state index is 13.1. The predicted octanol–water partition coefficient (Wildman–Crippen LogP) is 7.20. The summed E-state index contributed by atoms with van der Waals surface area (Å²) in [6, 6.07) is 29.2. The summed E-state index contributed by atoms with van der Waals surface area (Å²) in [4.78, 5) is 26.8. The van der Waals surface area contributed by atoms with Crippen LogP contribution in [-0.4, -0.2) is 35.0 Å². The maximum Gasteiger partial charge on any atom is 0.416 e. The molecule has 4 aromatic rings. The summed E-state index contributed by atoms with van der Waals surface area (Å²) in [5.41, 5.74) is 2.45. The van der Waals surface area contributed by atoms with E-state index in [1.807, 2.05) is 42.5 Å². The third-order valence-corrected chi connectivity index (χ3v) is 7.78. The second kappa shape index (κ2) is 14.1. The maximum absolute atomic E-state index is 13.1. The fourth-order valence-corrected chi connectivity index (χ4v) is 5.62. The number of carbonyl (C=O) groups is 2. The van der Waals surface area contributed by atoms with Crippen molar-refractivity contribution < 1.29 is 27.9 Å². The number of carboxylic acid groups (broad SMARTS) is 1. The highest BCUT2D eigenvalue weighted by molar-refractivity contribution is 7.14. The van der Waals surface area contributed by atoms with E-state index in [1.165, 1.54) is 34.6 Å². The van der Waals surface area contributed by atoms with Crippen molar-refractivity contribution in [2.75, 3.05) is 13.1 Å². The van der Waals surface area contributed by atoms with E-state index in [1.54, 1.807) is 6.07 Å². The number of rotatable bonds is 13. The van der Waals surface area contributed by atoms with Crippen molar-refractivity contribution in [3.8, 4) is 0 Å². The third-order valence-electron chi connectivity index (χ3n) is 6.71. The van der Waals surface area contributed by atoms with E-state index in [2.05, 4.69) is 34.5 Å². The highest BCUT2D eigenvalue weighted by atomic mass is 32.1. The number of nitrogens with zero attached hydrogens (tertiary/aromatic N) is 1. The number of alkyl halides is 3. The molecule has 3 aromatic carbocycles. The molecule has 5 nitrogen and oxygen atoms in total. The number of halogens is 3. The van der Waals surface area contributed by atoms with Crippen LogP contribution >= 0.6 is 11.3 Å². The molecule has 0 fully saturated rings. The molecule has 1 amide bonds. The summed E-state index contributed by atoms with van der Waals surface area (Å²) in [7, 11) is 0. The number of aliphatic carboxylic acids is 1. The zero-order valence-corrected chi connectivity index (χ0v) is 23.1. The Morgan fingerprint density at radius 1 is 0.829 bits per heavy atom. The molecule has 0 aliphatic heterocycles. The SMILES string of the molecule is O=C(O)CCNC(=O)c1ccc(CN(CCC(c2ccccc2)c2ccccc2)Cc2ccc(C(F)(F)F)cc2)s1. The molecule has 1 heterocycles. The summed E-state index contributed by atoms with van der Waals surface area (Å²) >= 11 is 1.32. The first-order chi connectivity index (χ1) is 19.7. The average Bonchev–Trinajstić information content (AvgIpc) is 3.42. The van der Waals surface area contributed by atoms with Gasteiger partial charge in [-0.25, -0.2) is 0 Å².